The third-order valence-electron chi connectivity index (χ3n) is 3.01. The van der Waals surface area contributed by atoms with E-state index < -0.39 is 0 Å². The van der Waals surface area contributed by atoms with Crippen LogP contribution in [0.3, 0.4) is 0 Å². The van der Waals surface area contributed by atoms with E-state index in [0.717, 1.165) is 26.9 Å². The van der Waals surface area contributed by atoms with E-state index in [1.54, 1.807) is 6.20 Å². The van der Waals surface area contributed by atoms with Crippen molar-refractivity contribution in [1.29, 1.82) is 0 Å². The van der Waals surface area contributed by atoms with Crippen LogP contribution in [0.5, 0.6) is 0 Å². The number of anilines is 2. The molecule has 3 aromatic rings. The molecule has 0 amide bonds. The Hall–Kier alpha value is -1.65. The Balaban J connectivity index is 1.98. The van der Waals surface area contributed by atoms with Crippen molar-refractivity contribution >= 4 is 49.8 Å². The summed E-state index contributed by atoms with van der Waals surface area (Å²) in [5.41, 5.74) is 1.92. The lowest BCUT2D eigenvalue weighted by Crippen LogP contribution is -1.98. The highest BCUT2D eigenvalue weighted by Crippen LogP contribution is 2.25. The Morgan fingerprint density at radius 1 is 1.10 bits per heavy atom. The second-order valence-electron chi connectivity index (χ2n) is 4.50. The molecule has 0 spiro atoms. The zero-order chi connectivity index (χ0) is 14.1. The summed E-state index contributed by atoms with van der Waals surface area (Å²) < 4.78 is 1.07. The summed E-state index contributed by atoms with van der Waals surface area (Å²) in [6, 6.07) is 12.4. The van der Waals surface area contributed by atoms with Crippen molar-refractivity contribution in [2.45, 2.75) is 6.92 Å². The van der Waals surface area contributed by atoms with Crippen LogP contribution in [-0.4, -0.2) is 9.97 Å². The minimum absolute atomic E-state index is 0.239. The number of hydrogen-bond donors (Lipinski definition) is 1. The summed E-state index contributed by atoms with van der Waals surface area (Å²) in [5, 5.41) is 5.86. The van der Waals surface area contributed by atoms with Gasteiger partial charge >= 0.3 is 0 Å². The minimum atomic E-state index is 0.239. The van der Waals surface area contributed by atoms with E-state index in [2.05, 4.69) is 55.5 Å². The van der Waals surface area contributed by atoms with E-state index >= 15 is 0 Å². The van der Waals surface area contributed by atoms with Gasteiger partial charge in [0.1, 0.15) is 5.82 Å². The lowest BCUT2D eigenvalue weighted by molar-refractivity contribution is 1.13. The first-order valence-electron chi connectivity index (χ1n) is 6.07. The maximum atomic E-state index is 5.83. The monoisotopic (exact) mass is 347 g/mol. The first-order valence-corrected chi connectivity index (χ1v) is 7.24. The summed E-state index contributed by atoms with van der Waals surface area (Å²) >= 11 is 9.30. The molecule has 0 saturated carbocycles. The minimum Gasteiger partial charge on any atom is -0.340 e. The number of rotatable bonds is 2. The van der Waals surface area contributed by atoms with Crippen LogP contribution in [0.15, 0.2) is 47.1 Å². The van der Waals surface area contributed by atoms with Gasteiger partial charge in [-0.15, -0.1) is 0 Å². The third-order valence-corrected chi connectivity index (χ3v) is 3.68. The summed E-state index contributed by atoms with van der Waals surface area (Å²) in [5.74, 6) is 0.724. The Labute approximate surface area is 130 Å². The molecule has 0 aliphatic carbocycles. The number of nitrogens with one attached hydrogen (secondary N) is 1. The molecule has 0 atom stereocenters. The number of halogens is 2. The van der Waals surface area contributed by atoms with Gasteiger partial charge in [-0.2, -0.15) is 0 Å². The highest BCUT2D eigenvalue weighted by Gasteiger charge is 2.04. The van der Waals surface area contributed by atoms with Crippen molar-refractivity contribution in [3.05, 3.63) is 57.9 Å². The molecule has 3 rings (SSSR count). The second-order valence-corrected chi connectivity index (χ2v) is 5.76. The molecule has 1 aromatic heterocycles. The summed E-state index contributed by atoms with van der Waals surface area (Å²) in [6.07, 6.45) is 1.70. The van der Waals surface area contributed by atoms with E-state index in [-0.39, 0.29) is 5.28 Å². The highest BCUT2D eigenvalue weighted by molar-refractivity contribution is 9.10. The van der Waals surface area contributed by atoms with Crippen molar-refractivity contribution < 1.29 is 0 Å². The van der Waals surface area contributed by atoms with Crippen molar-refractivity contribution in [2.75, 3.05) is 5.32 Å². The van der Waals surface area contributed by atoms with Gasteiger partial charge in [0, 0.05) is 21.9 Å². The van der Waals surface area contributed by atoms with E-state index in [1.807, 2.05) is 19.1 Å². The third kappa shape index (κ3) is 2.76. The molecule has 0 aliphatic heterocycles. The number of aromatic nitrogens is 2. The van der Waals surface area contributed by atoms with E-state index in [1.165, 1.54) is 5.39 Å². The van der Waals surface area contributed by atoms with Crippen LogP contribution in [0.2, 0.25) is 5.28 Å². The summed E-state index contributed by atoms with van der Waals surface area (Å²) in [6.45, 7) is 1.94. The largest absolute Gasteiger partial charge is 0.340 e. The molecule has 0 fully saturated rings. The summed E-state index contributed by atoms with van der Waals surface area (Å²) in [7, 11) is 0. The molecule has 0 unspecified atom stereocenters. The van der Waals surface area contributed by atoms with E-state index in [9.17, 15) is 0 Å². The Kier molecular flexibility index (Phi) is 3.59. The maximum Gasteiger partial charge on any atom is 0.224 e. The lowest BCUT2D eigenvalue weighted by Gasteiger charge is -2.09. The SMILES string of the molecule is Cc1cnc(Cl)nc1Nc1ccc2cc(Br)ccc2c1. The van der Waals surface area contributed by atoms with Gasteiger partial charge in [-0.1, -0.05) is 28.1 Å². The first kappa shape index (κ1) is 13.3. The lowest BCUT2D eigenvalue weighted by atomic mass is 10.1. The predicted molar refractivity (Wildman–Crippen MR) is 86.7 cm³/mol. The Morgan fingerprint density at radius 3 is 2.70 bits per heavy atom. The van der Waals surface area contributed by atoms with Crippen LogP contribution >= 0.6 is 27.5 Å². The second kappa shape index (κ2) is 5.38. The first-order chi connectivity index (χ1) is 9.61. The van der Waals surface area contributed by atoms with Gasteiger partial charge in [-0.3, -0.25) is 0 Å². The van der Waals surface area contributed by atoms with Crippen LogP contribution in [0.1, 0.15) is 5.56 Å². The Morgan fingerprint density at radius 2 is 1.85 bits per heavy atom. The van der Waals surface area contributed by atoms with Crippen LogP contribution in [0.25, 0.3) is 10.8 Å². The number of benzene rings is 2. The van der Waals surface area contributed by atoms with Gasteiger partial charge in [0.15, 0.2) is 0 Å². The van der Waals surface area contributed by atoms with Gasteiger partial charge < -0.3 is 5.32 Å². The van der Waals surface area contributed by atoms with Crippen LogP contribution in [-0.2, 0) is 0 Å². The van der Waals surface area contributed by atoms with Gasteiger partial charge in [-0.05, 0) is 53.6 Å². The molecule has 0 saturated heterocycles. The molecular weight excluding hydrogens is 338 g/mol. The standard InChI is InChI=1S/C15H11BrClN3/c1-9-8-18-15(17)20-14(9)19-13-5-3-10-6-12(16)4-2-11(10)7-13/h2-8H,1H3,(H,18,19,20). The molecule has 3 nitrogen and oxygen atoms in total. The molecule has 0 bridgehead atoms. The fraction of sp³-hybridized carbons (Fsp3) is 0.0667. The van der Waals surface area contributed by atoms with Gasteiger partial charge in [0.2, 0.25) is 5.28 Å². The Bertz CT molecular complexity index is 789. The quantitative estimate of drug-likeness (QED) is 0.655. The molecule has 1 N–H and O–H groups in total. The van der Waals surface area contributed by atoms with Gasteiger partial charge in [0.25, 0.3) is 0 Å². The van der Waals surface area contributed by atoms with Crippen LogP contribution in [0.4, 0.5) is 11.5 Å². The molecule has 2 aromatic carbocycles. The van der Waals surface area contributed by atoms with Crippen molar-refractivity contribution in [2.24, 2.45) is 0 Å². The van der Waals surface area contributed by atoms with Gasteiger partial charge in [-0.25, -0.2) is 9.97 Å². The highest BCUT2D eigenvalue weighted by atomic mass is 79.9. The smallest absolute Gasteiger partial charge is 0.224 e. The van der Waals surface area contributed by atoms with E-state index in [4.69, 9.17) is 11.6 Å². The maximum absolute atomic E-state index is 5.83. The topological polar surface area (TPSA) is 37.8 Å². The molecule has 5 heteroatoms. The average molecular weight is 349 g/mol. The molecule has 0 aliphatic rings. The van der Waals surface area contributed by atoms with Crippen molar-refractivity contribution in [3.8, 4) is 0 Å². The number of nitrogens with zero attached hydrogens (tertiary/aromatic N) is 2. The van der Waals surface area contributed by atoms with Gasteiger partial charge in [0.05, 0.1) is 0 Å². The van der Waals surface area contributed by atoms with Crippen LogP contribution < -0.4 is 5.32 Å². The van der Waals surface area contributed by atoms with Crippen molar-refractivity contribution in [3.63, 3.8) is 0 Å². The molecule has 1 heterocycles. The molecule has 0 radical (unpaired) electrons. The number of hydrogen-bond acceptors (Lipinski definition) is 3. The van der Waals surface area contributed by atoms with E-state index in [0.29, 0.717) is 0 Å². The zero-order valence-corrected chi connectivity index (χ0v) is 13.0. The van der Waals surface area contributed by atoms with Crippen LogP contribution in [0, 0.1) is 6.92 Å². The molecule has 20 heavy (non-hydrogen) atoms. The number of fused-ring (bicyclic) bond motifs is 1. The predicted octanol–water partition coefficient (Wildman–Crippen LogP) is 5.10. The fourth-order valence-corrected chi connectivity index (χ4v) is 2.49. The normalized spacial score (nSPS) is 10.8. The average Bonchev–Trinajstić information content (AvgIpc) is 2.43. The molecule has 100 valence electrons. The van der Waals surface area contributed by atoms with Crippen molar-refractivity contribution in [1.82, 2.24) is 9.97 Å². The fourth-order valence-electron chi connectivity index (χ4n) is 1.98. The number of aryl methyl sites for hydroxylation is 1. The molecular formula is C15H11BrClN3. The zero-order valence-electron chi connectivity index (χ0n) is 10.7. The summed E-state index contributed by atoms with van der Waals surface area (Å²) in [4.78, 5) is 8.15.